The molecule has 2 aromatic rings. The molecule has 0 radical (unpaired) electrons. The molecule has 0 bridgehead atoms. The van der Waals surface area contributed by atoms with E-state index in [1.54, 1.807) is 26.2 Å². The fraction of sp³-hybridized carbons (Fsp3) is 0.333. The van der Waals surface area contributed by atoms with Gasteiger partial charge in [0.1, 0.15) is 10.7 Å². The first-order chi connectivity index (χ1) is 9.29. The van der Waals surface area contributed by atoms with Gasteiger partial charge in [-0.1, -0.05) is 0 Å². The SMILES string of the molecule is Cc1csc([C@H](OC(=O)c2cccn2C)C(F)(F)F)n1. The van der Waals surface area contributed by atoms with Crippen molar-refractivity contribution in [3.8, 4) is 0 Å². The summed E-state index contributed by atoms with van der Waals surface area (Å²) in [5.41, 5.74) is 0.502. The maximum Gasteiger partial charge on any atom is 0.432 e. The molecular formula is C12H11F3N2O2S. The molecule has 0 unspecified atom stereocenters. The van der Waals surface area contributed by atoms with E-state index in [1.807, 2.05) is 0 Å². The first-order valence-corrected chi connectivity index (χ1v) is 6.48. The van der Waals surface area contributed by atoms with E-state index in [0.29, 0.717) is 5.69 Å². The van der Waals surface area contributed by atoms with E-state index in [4.69, 9.17) is 0 Å². The largest absolute Gasteiger partial charge is 0.440 e. The molecule has 0 aliphatic heterocycles. The van der Waals surface area contributed by atoms with Crippen LogP contribution < -0.4 is 0 Å². The second kappa shape index (κ2) is 5.28. The summed E-state index contributed by atoms with van der Waals surface area (Å²) in [5, 5.41) is 1.20. The van der Waals surface area contributed by atoms with Crippen molar-refractivity contribution >= 4 is 17.3 Å². The Balaban J connectivity index is 2.26. The lowest BCUT2D eigenvalue weighted by Gasteiger charge is -2.18. The Kier molecular flexibility index (Phi) is 3.85. The average molecular weight is 304 g/mol. The van der Waals surface area contributed by atoms with Crippen LogP contribution in [0.25, 0.3) is 0 Å². The Morgan fingerprint density at radius 3 is 2.65 bits per heavy atom. The predicted octanol–water partition coefficient (Wildman–Crippen LogP) is 3.25. The summed E-state index contributed by atoms with van der Waals surface area (Å²) in [7, 11) is 1.55. The standard InChI is InChI=1S/C12H11F3N2O2S/c1-7-6-20-10(16-7)9(12(13,14)15)19-11(18)8-4-3-5-17(8)2/h3-6,9H,1-2H3/t9-/m0/s1. The topological polar surface area (TPSA) is 44.1 Å². The molecule has 2 heterocycles. The van der Waals surface area contributed by atoms with Crippen LogP contribution in [-0.4, -0.2) is 21.7 Å². The van der Waals surface area contributed by atoms with Gasteiger partial charge in [0.15, 0.2) is 0 Å². The van der Waals surface area contributed by atoms with Crippen LogP contribution in [0.1, 0.15) is 27.3 Å². The lowest BCUT2D eigenvalue weighted by molar-refractivity contribution is -0.207. The second-order valence-corrected chi connectivity index (χ2v) is 5.05. The zero-order chi connectivity index (χ0) is 14.9. The molecule has 0 N–H and O–H groups in total. The molecule has 4 nitrogen and oxygen atoms in total. The van der Waals surface area contributed by atoms with Crippen LogP contribution in [0.15, 0.2) is 23.7 Å². The minimum Gasteiger partial charge on any atom is -0.440 e. The van der Waals surface area contributed by atoms with E-state index in [-0.39, 0.29) is 10.7 Å². The summed E-state index contributed by atoms with van der Waals surface area (Å²) in [6.07, 6.45) is -5.50. The van der Waals surface area contributed by atoms with Crippen molar-refractivity contribution in [2.75, 3.05) is 0 Å². The number of hydrogen-bond donors (Lipinski definition) is 0. The predicted molar refractivity (Wildman–Crippen MR) is 66.5 cm³/mol. The molecule has 0 aliphatic carbocycles. The number of thiazole rings is 1. The number of carbonyl (C=O) groups excluding carboxylic acids is 1. The third-order valence-electron chi connectivity index (χ3n) is 2.54. The Labute approximate surface area is 116 Å². The van der Waals surface area contributed by atoms with Gasteiger partial charge in [0.2, 0.25) is 6.10 Å². The van der Waals surface area contributed by atoms with Gasteiger partial charge in [0.25, 0.3) is 0 Å². The maximum absolute atomic E-state index is 13.0. The Morgan fingerprint density at radius 1 is 1.50 bits per heavy atom. The number of hydrogen-bond acceptors (Lipinski definition) is 4. The molecule has 0 amide bonds. The molecule has 0 aliphatic rings. The molecule has 2 aromatic heterocycles. The van der Waals surface area contributed by atoms with Crippen LogP contribution in [0.4, 0.5) is 13.2 Å². The summed E-state index contributed by atoms with van der Waals surface area (Å²) in [6.45, 7) is 1.58. The third kappa shape index (κ3) is 3.01. The van der Waals surface area contributed by atoms with Gasteiger partial charge in [0.05, 0.1) is 0 Å². The highest BCUT2D eigenvalue weighted by molar-refractivity contribution is 7.09. The number of carbonyl (C=O) groups is 1. The highest BCUT2D eigenvalue weighted by atomic mass is 32.1. The van der Waals surface area contributed by atoms with Gasteiger partial charge in [-0.2, -0.15) is 13.2 Å². The van der Waals surface area contributed by atoms with E-state index in [2.05, 4.69) is 9.72 Å². The first kappa shape index (κ1) is 14.6. The first-order valence-electron chi connectivity index (χ1n) is 5.60. The zero-order valence-corrected chi connectivity index (χ0v) is 11.5. The number of halogens is 3. The number of ether oxygens (including phenoxy) is 1. The van der Waals surface area contributed by atoms with E-state index in [1.165, 1.54) is 16.0 Å². The summed E-state index contributed by atoms with van der Waals surface area (Å²) < 4.78 is 45.0. The quantitative estimate of drug-likeness (QED) is 0.818. The second-order valence-electron chi connectivity index (χ2n) is 4.16. The highest BCUT2D eigenvalue weighted by Crippen LogP contribution is 2.37. The molecule has 0 spiro atoms. The number of aromatic nitrogens is 2. The molecule has 108 valence electrons. The van der Waals surface area contributed by atoms with Crippen molar-refractivity contribution in [2.45, 2.75) is 19.2 Å². The fourth-order valence-electron chi connectivity index (χ4n) is 1.59. The van der Waals surface area contributed by atoms with Crippen molar-refractivity contribution in [3.63, 3.8) is 0 Å². The fourth-order valence-corrected chi connectivity index (χ4v) is 2.44. The molecule has 0 fully saturated rings. The van der Waals surface area contributed by atoms with E-state index >= 15 is 0 Å². The van der Waals surface area contributed by atoms with E-state index in [0.717, 1.165) is 11.3 Å². The summed E-state index contributed by atoms with van der Waals surface area (Å²) in [4.78, 5) is 15.5. The van der Waals surface area contributed by atoms with Crippen LogP contribution in [0.5, 0.6) is 0 Å². The molecule has 2 rings (SSSR count). The van der Waals surface area contributed by atoms with Crippen LogP contribution in [0.2, 0.25) is 0 Å². The lowest BCUT2D eigenvalue weighted by Crippen LogP contribution is -2.27. The Bertz CT molecular complexity index is 618. The normalized spacial score (nSPS) is 13.2. The van der Waals surface area contributed by atoms with Gasteiger partial charge in [-0.3, -0.25) is 0 Å². The van der Waals surface area contributed by atoms with Crippen molar-refractivity contribution in [1.29, 1.82) is 0 Å². The highest BCUT2D eigenvalue weighted by Gasteiger charge is 2.46. The van der Waals surface area contributed by atoms with Gasteiger partial charge in [-0.05, 0) is 19.1 Å². The van der Waals surface area contributed by atoms with Crippen LogP contribution in [0.3, 0.4) is 0 Å². The summed E-state index contributed by atoms with van der Waals surface area (Å²) in [5.74, 6) is -1.03. The molecule has 0 saturated carbocycles. The number of esters is 1. The van der Waals surface area contributed by atoms with Gasteiger partial charge in [-0.25, -0.2) is 9.78 Å². The number of rotatable bonds is 3. The van der Waals surface area contributed by atoms with Gasteiger partial charge < -0.3 is 9.30 Å². The van der Waals surface area contributed by atoms with Crippen molar-refractivity contribution in [1.82, 2.24) is 9.55 Å². The Hall–Kier alpha value is -1.83. The number of alkyl halides is 3. The smallest absolute Gasteiger partial charge is 0.432 e. The van der Waals surface area contributed by atoms with E-state index < -0.39 is 18.2 Å². The zero-order valence-electron chi connectivity index (χ0n) is 10.6. The molecular weight excluding hydrogens is 293 g/mol. The molecule has 8 heteroatoms. The van der Waals surface area contributed by atoms with Crippen LogP contribution in [0, 0.1) is 6.92 Å². The van der Waals surface area contributed by atoms with E-state index in [9.17, 15) is 18.0 Å². The minimum atomic E-state index is -4.70. The van der Waals surface area contributed by atoms with Crippen molar-refractivity contribution in [3.05, 3.63) is 40.1 Å². The van der Waals surface area contributed by atoms with Gasteiger partial charge >= 0.3 is 12.1 Å². The molecule has 20 heavy (non-hydrogen) atoms. The molecule has 0 aromatic carbocycles. The summed E-state index contributed by atoms with van der Waals surface area (Å²) >= 11 is 0.813. The minimum absolute atomic E-state index is 0.0486. The van der Waals surface area contributed by atoms with Crippen LogP contribution in [-0.2, 0) is 11.8 Å². The Morgan fingerprint density at radius 2 is 2.20 bits per heavy atom. The number of aryl methyl sites for hydroxylation is 2. The van der Waals surface area contributed by atoms with Gasteiger partial charge in [0, 0.05) is 24.3 Å². The van der Waals surface area contributed by atoms with Crippen molar-refractivity contribution in [2.24, 2.45) is 7.05 Å². The average Bonchev–Trinajstić information content (AvgIpc) is 2.93. The van der Waals surface area contributed by atoms with Crippen LogP contribution >= 0.6 is 11.3 Å². The third-order valence-corrected chi connectivity index (χ3v) is 3.54. The maximum atomic E-state index is 13.0. The number of nitrogens with zero attached hydrogens (tertiary/aromatic N) is 2. The lowest BCUT2D eigenvalue weighted by atomic mass is 10.3. The van der Waals surface area contributed by atoms with Gasteiger partial charge in [-0.15, -0.1) is 11.3 Å². The molecule has 1 atom stereocenters. The monoisotopic (exact) mass is 304 g/mol. The summed E-state index contributed by atoms with van der Waals surface area (Å²) in [6, 6.07) is 2.94. The van der Waals surface area contributed by atoms with Crippen molar-refractivity contribution < 1.29 is 22.7 Å². The molecule has 0 saturated heterocycles.